The molecule has 112 valence electrons. The van der Waals surface area contributed by atoms with Gasteiger partial charge in [0.25, 0.3) is 0 Å². The second-order valence-corrected chi connectivity index (χ2v) is 6.44. The lowest BCUT2D eigenvalue weighted by Gasteiger charge is -2.20. The van der Waals surface area contributed by atoms with Crippen molar-refractivity contribution in [1.29, 1.82) is 0 Å². The van der Waals surface area contributed by atoms with E-state index in [0.29, 0.717) is 39.4 Å². The van der Waals surface area contributed by atoms with Crippen LogP contribution in [0.25, 0.3) is 0 Å². The van der Waals surface area contributed by atoms with E-state index in [0.717, 1.165) is 13.0 Å². The first kappa shape index (κ1) is 16.2. The molecule has 1 fully saturated rings. The average Bonchev–Trinajstić information content (AvgIpc) is 2.80. The number of nitrogens with one attached hydrogen (secondary N) is 1. The summed E-state index contributed by atoms with van der Waals surface area (Å²) in [7, 11) is 0. The number of hydrogen-bond acceptors (Lipinski definition) is 2. The zero-order valence-electron chi connectivity index (χ0n) is 11.6. The van der Waals surface area contributed by atoms with Gasteiger partial charge in [-0.3, -0.25) is 0 Å². The maximum absolute atomic E-state index is 6.10. The van der Waals surface area contributed by atoms with Crippen molar-refractivity contribution in [1.82, 2.24) is 5.32 Å². The number of halogens is 3. The van der Waals surface area contributed by atoms with E-state index in [-0.39, 0.29) is 0 Å². The highest BCUT2D eigenvalue weighted by molar-refractivity contribution is 6.40. The lowest BCUT2D eigenvalue weighted by atomic mass is 10.00. The van der Waals surface area contributed by atoms with Crippen LogP contribution in [0.15, 0.2) is 12.1 Å². The van der Waals surface area contributed by atoms with Gasteiger partial charge in [-0.25, -0.2) is 0 Å². The molecule has 2 rings (SSSR count). The van der Waals surface area contributed by atoms with Crippen molar-refractivity contribution in [2.45, 2.75) is 38.6 Å². The lowest BCUT2D eigenvalue weighted by Crippen LogP contribution is -2.32. The van der Waals surface area contributed by atoms with Gasteiger partial charge < -0.3 is 10.1 Å². The largest absolute Gasteiger partial charge is 0.490 e. The predicted octanol–water partition coefficient (Wildman–Crippen LogP) is 5.19. The molecule has 1 N–H and O–H groups in total. The van der Waals surface area contributed by atoms with Gasteiger partial charge in [-0.05, 0) is 43.9 Å². The average molecular weight is 337 g/mol. The van der Waals surface area contributed by atoms with Crippen LogP contribution in [0, 0.1) is 5.92 Å². The first-order chi connectivity index (χ1) is 9.61. The molecule has 20 heavy (non-hydrogen) atoms. The Hall–Kier alpha value is -0.150. The summed E-state index contributed by atoms with van der Waals surface area (Å²) in [4.78, 5) is 0. The van der Waals surface area contributed by atoms with Gasteiger partial charge in [-0.1, -0.05) is 48.1 Å². The fourth-order valence-corrected chi connectivity index (χ4v) is 3.82. The van der Waals surface area contributed by atoms with Crippen molar-refractivity contribution in [2.75, 3.05) is 13.2 Å². The molecule has 2 unspecified atom stereocenters. The van der Waals surface area contributed by atoms with Crippen molar-refractivity contribution in [3.05, 3.63) is 27.2 Å². The van der Waals surface area contributed by atoms with Gasteiger partial charge >= 0.3 is 0 Å². The summed E-state index contributed by atoms with van der Waals surface area (Å²) < 4.78 is 5.76. The first-order valence-corrected chi connectivity index (χ1v) is 8.26. The van der Waals surface area contributed by atoms with Gasteiger partial charge in [-0.2, -0.15) is 0 Å². The molecule has 5 heteroatoms. The Balaban J connectivity index is 1.87. The van der Waals surface area contributed by atoms with Crippen LogP contribution in [0.1, 0.15) is 32.6 Å². The van der Waals surface area contributed by atoms with E-state index in [1.807, 2.05) is 0 Å². The number of hydrogen-bond donors (Lipinski definition) is 1. The molecule has 2 atom stereocenters. The molecule has 0 bridgehead atoms. The summed E-state index contributed by atoms with van der Waals surface area (Å²) in [6, 6.07) is 3.93. The van der Waals surface area contributed by atoms with Crippen molar-refractivity contribution in [3.63, 3.8) is 0 Å². The Morgan fingerprint density at radius 2 is 1.90 bits per heavy atom. The second-order valence-electron chi connectivity index (χ2n) is 5.19. The zero-order valence-corrected chi connectivity index (χ0v) is 13.9. The summed E-state index contributed by atoms with van der Waals surface area (Å²) in [5.41, 5.74) is 0. The minimum absolute atomic E-state index is 0.470. The minimum atomic E-state index is 0.470. The number of benzene rings is 1. The SMILES string of the molecule is CCNC1CCCC1CCOc1c(Cl)cc(Cl)cc1Cl. The van der Waals surface area contributed by atoms with Crippen molar-refractivity contribution in [2.24, 2.45) is 5.92 Å². The summed E-state index contributed by atoms with van der Waals surface area (Å²) in [6.45, 7) is 3.81. The van der Waals surface area contributed by atoms with Crippen LogP contribution in [0.5, 0.6) is 5.75 Å². The highest BCUT2D eigenvalue weighted by atomic mass is 35.5. The van der Waals surface area contributed by atoms with E-state index in [2.05, 4.69) is 12.2 Å². The van der Waals surface area contributed by atoms with E-state index in [9.17, 15) is 0 Å². The Morgan fingerprint density at radius 1 is 1.20 bits per heavy atom. The van der Waals surface area contributed by atoms with Crippen molar-refractivity contribution in [3.8, 4) is 5.75 Å². The van der Waals surface area contributed by atoms with Gasteiger partial charge in [-0.15, -0.1) is 0 Å². The molecular formula is C15H20Cl3NO. The number of rotatable bonds is 6. The quantitative estimate of drug-likeness (QED) is 0.771. The van der Waals surface area contributed by atoms with Gasteiger partial charge in [0.2, 0.25) is 0 Å². The first-order valence-electron chi connectivity index (χ1n) is 7.12. The van der Waals surface area contributed by atoms with E-state index in [4.69, 9.17) is 39.5 Å². The second kappa shape index (κ2) is 7.74. The van der Waals surface area contributed by atoms with Gasteiger partial charge in [0.15, 0.2) is 5.75 Å². The van der Waals surface area contributed by atoms with E-state index >= 15 is 0 Å². The van der Waals surface area contributed by atoms with Gasteiger partial charge in [0.1, 0.15) is 0 Å². The standard InChI is InChI=1S/C15H20Cl3NO/c1-2-19-14-5-3-4-10(14)6-7-20-15-12(17)8-11(16)9-13(15)18/h8-10,14,19H,2-7H2,1H3. The van der Waals surface area contributed by atoms with E-state index in [1.165, 1.54) is 19.3 Å². The molecule has 1 aliphatic carbocycles. The van der Waals surface area contributed by atoms with E-state index in [1.54, 1.807) is 12.1 Å². The third-order valence-corrected chi connectivity index (χ3v) is 4.60. The van der Waals surface area contributed by atoms with Gasteiger partial charge in [0.05, 0.1) is 16.7 Å². The third-order valence-electron chi connectivity index (χ3n) is 3.82. The maximum atomic E-state index is 6.10. The molecule has 0 saturated heterocycles. The van der Waals surface area contributed by atoms with Crippen molar-refractivity contribution < 1.29 is 4.74 Å². The van der Waals surface area contributed by atoms with Gasteiger partial charge in [0, 0.05) is 11.1 Å². The number of ether oxygens (including phenoxy) is 1. The van der Waals surface area contributed by atoms with Crippen LogP contribution in [-0.4, -0.2) is 19.2 Å². The predicted molar refractivity (Wildman–Crippen MR) is 86.4 cm³/mol. The molecule has 0 aliphatic heterocycles. The molecule has 1 saturated carbocycles. The summed E-state index contributed by atoms with van der Waals surface area (Å²) in [5, 5.41) is 5.01. The maximum Gasteiger partial charge on any atom is 0.156 e. The zero-order chi connectivity index (χ0) is 14.5. The molecule has 1 aromatic carbocycles. The molecule has 1 aliphatic rings. The smallest absolute Gasteiger partial charge is 0.156 e. The molecule has 0 aromatic heterocycles. The monoisotopic (exact) mass is 335 g/mol. The van der Waals surface area contributed by atoms with Crippen LogP contribution >= 0.6 is 34.8 Å². The third kappa shape index (κ3) is 4.17. The van der Waals surface area contributed by atoms with Crippen molar-refractivity contribution >= 4 is 34.8 Å². The fourth-order valence-electron chi connectivity index (χ4n) is 2.89. The highest BCUT2D eigenvalue weighted by Gasteiger charge is 2.26. The Morgan fingerprint density at radius 3 is 2.55 bits per heavy atom. The lowest BCUT2D eigenvalue weighted by molar-refractivity contribution is 0.261. The Bertz CT molecular complexity index is 430. The minimum Gasteiger partial charge on any atom is -0.490 e. The van der Waals surface area contributed by atoms with Crippen LogP contribution in [0.2, 0.25) is 15.1 Å². The van der Waals surface area contributed by atoms with Crippen LogP contribution in [0.4, 0.5) is 0 Å². The topological polar surface area (TPSA) is 21.3 Å². The summed E-state index contributed by atoms with van der Waals surface area (Å²) >= 11 is 18.1. The van der Waals surface area contributed by atoms with Crippen LogP contribution in [-0.2, 0) is 0 Å². The molecule has 1 aromatic rings. The molecule has 0 amide bonds. The fraction of sp³-hybridized carbons (Fsp3) is 0.600. The molecular weight excluding hydrogens is 317 g/mol. The van der Waals surface area contributed by atoms with Crippen LogP contribution < -0.4 is 10.1 Å². The summed E-state index contributed by atoms with van der Waals surface area (Å²) in [5.74, 6) is 1.22. The summed E-state index contributed by atoms with van der Waals surface area (Å²) in [6.07, 6.45) is 4.85. The molecule has 0 spiro atoms. The molecule has 2 nitrogen and oxygen atoms in total. The van der Waals surface area contributed by atoms with E-state index < -0.39 is 0 Å². The molecule has 0 radical (unpaired) electrons. The Kier molecular flexibility index (Phi) is 6.28. The Labute approximate surface area is 135 Å². The highest BCUT2D eigenvalue weighted by Crippen LogP contribution is 2.36. The van der Waals surface area contributed by atoms with Crippen LogP contribution in [0.3, 0.4) is 0 Å². The molecule has 0 heterocycles. The normalized spacial score (nSPS) is 22.2.